The van der Waals surface area contributed by atoms with Crippen LogP contribution < -0.4 is 0 Å². The summed E-state index contributed by atoms with van der Waals surface area (Å²) in [7, 11) is 0. The van der Waals surface area contributed by atoms with Crippen molar-refractivity contribution in [1.29, 1.82) is 5.26 Å². The van der Waals surface area contributed by atoms with E-state index in [9.17, 15) is 0 Å². The van der Waals surface area contributed by atoms with Gasteiger partial charge in [-0.1, -0.05) is 0 Å². The van der Waals surface area contributed by atoms with Gasteiger partial charge < -0.3 is 0 Å². The van der Waals surface area contributed by atoms with Gasteiger partial charge in [-0.15, -0.1) is 0 Å². The van der Waals surface area contributed by atoms with Crippen LogP contribution >= 0.6 is 0 Å². The van der Waals surface area contributed by atoms with Gasteiger partial charge in [0.25, 0.3) is 0 Å². The van der Waals surface area contributed by atoms with Crippen LogP contribution in [0, 0.1) is 11.3 Å². The Kier molecular flexibility index (Phi) is 8.91. The van der Waals surface area contributed by atoms with Gasteiger partial charge in [-0.05, 0) is 0 Å². The van der Waals surface area contributed by atoms with Crippen molar-refractivity contribution in [3.63, 3.8) is 0 Å². The average molecular weight is 350 g/mol. The normalized spacial score (nSPS) is 9.92. The molecule has 0 atom stereocenters. The zero-order valence-corrected chi connectivity index (χ0v) is 9.12. The van der Waals surface area contributed by atoms with Crippen molar-refractivity contribution in [3.8, 4) is 6.07 Å². The standard InChI is InChI=1S/C7H13N3O.Pt/c8-2-1-4-10(5-3-9)6-7-11;/h11H,1,3-7H2;. The van der Waals surface area contributed by atoms with Crippen LogP contribution in [0.4, 0.5) is 0 Å². The first-order chi connectivity index (χ1) is 5.85. The molecular formula is C7H13N3OPt. The second-order valence-corrected chi connectivity index (χ2v) is 3.02. The molecule has 0 saturated heterocycles. The first-order valence-corrected chi connectivity index (χ1v) is 4.82. The fraction of sp³-hybridized carbons (Fsp3) is 0.857. The number of hydrogen-bond acceptors (Lipinski definition) is 4. The average Bonchev–Trinajstić information content (AvgIpc) is 2.10. The zero-order chi connectivity index (χ0) is 9.23. The summed E-state index contributed by atoms with van der Waals surface area (Å²) in [6.07, 6.45) is 0.515. The molecule has 5 heteroatoms. The molecule has 0 aromatic rings. The predicted molar refractivity (Wildman–Crippen MR) is 41.1 cm³/mol. The van der Waals surface area contributed by atoms with Gasteiger partial charge in [0, 0.05) is 0 Å². The topological polar surface area (TPSA) is 59.6 Å². The van der Waals surface area contributed by atoms with Gasteiger partial charge in [0.15, 0.2) is 0 Å². The Hall–Kier alpha value is -0.102. The summed E-state index contributed by atoms with van der Waals surface area (Å²) in [5.41, 5.74) is 0. The molecule has 72 valence electrons. The van der Waals surface area contributed by atoms with Gasteiger partial charge in [0.2, 0.25) is 0 Å². The number of nitrogens with zero attached hydrogens (tertiary/aromatic N) is 3. The van der Waals surface area contributed by atoms with Gasteiger partial charge in [-0.25, -0.2) is 0 Å². The van der Waals surface area contributed by atoms with Crippen LogP contribution in [0.15, 0.2) is 3.50 Å². The predicted octanol–water partition coefficient (Wildman–Crippen LogP) is -0.0752. The first kappa shape index (κ1) is 11.9. The Bertz CT molecular complexity index is 157. The van der Waals surface area contributed by atoms with Crippen molar-refractivity contribution in [2.24, 2.45) is 3.50 Å². The van der Waals surface area contributed by atoms with Crippen LogP contribution in [0.25, 0.3) is 0 Å². The molecular weight excluding hydrogens is 337 g/mol. The van der Waals surface area contributed by atoms with Crippen LogP contribution in [-0.2, 0) is 19.6 Å². The van der Waals surface area contributed by atoms with E-state index in [0.717, 1.165) is 19.6 Å². The van der Waals surface area contributed by atoms with Crippen LogP contribution in [-0.4, -0.2) is 42.8 Å². The van der Waals surface area contributed by atoms with Crippen molar-refractivity contribution in [2.75, 3.05) is 32.8 Å². The molecule has 0 heterocycles. The van der Waals surface area contributed by atoms with E-state index in [-0.39, 0.29) is 6.61 Å². The molecule has 0 spiro atoms. The van der Waals surface area contributed by atoms with E-state index in [1.54, 1.807) is 0 Å². The number of aliphatic hydroxyl groups excluding tert-OH is 1. The third-order valence-electron chi connectivity index (χ3n) is 1.44. The summed E-state index contributed by atoms with van der Waals surface area (Å²) in [5.74, 6) is 0. The van der Waals surface area contributed by atoms with E-state index in [0.29, 0.717) is 13.0 Å². The Morgan fingerprint density at radius 3 is 2.67 bits per heavy atom. The van der Waals surface area contributed by atoms with Gasteiger partial charge in [0.05, 0.1) is 0 Å². The minimum atomic E-state index is 0.146. The Morgan fingerprint density at radius 2 is 2.17 bits per heavy atom. The quantitative estimate of drug-likeness (QED) is 0.699. The van der Waals surface area contributed by atoms with Crippen molar-refractivity contribution in [3.05, 3.63) is 0 Å². The van der Waals surface area contributed by atoms with Gasteiger partial charge in [0.1, 0.15) is 0 Å². The first-order valence-electron chi connectivity index (χ1n) is 3.80. The molecule has 12 heavy (non-hydrogen) atoms. The third-order valence-corrected chi connectivity index (χ3v) is 1.95. The molecule has 0 saturated carbocycles. The molecule has 0 aromatic carbocycles. The van der Waals surface area contributed by atoms with E-state index in [1.807, 2.05) is 24.5 Å². The molecule has 0 aliphatic carbocycles. The molecule has 0 aromatic heterocycles. The van der Waals surface area contributed by atoms with Crippen molar-refractivity contribution < 1.29 is 24.7 Å². The number of nitriles is 1. The van der Waals surface area contributed by atoms with E-state index in [2.05, 4.69) is 9.56 Å². The van der Waals surface area contributed by atoms with Crippen LogP contribution in [0.5, 0.6) is 0 Å². The summed E-state index contributed by atoms with van der Waals surface area (Å²) >= 11 is 1.94. The summed E-state index contributed by atoms with van der Waals surface area (Å²) < 4.78 is 3.93. The molecule has 0 aliphatic rings. The molecule has 4 nitrogen and oxygen atoms in total. The summed E-state index contributed by atoms with van der Waals surface area (Å²) in [4.78, 5) is 2.03. The van der Waals surface area contributed by atoms with E-state index in [4.69, 9.17) is 10.4 Å². The number of rotatable bonds is 7. The number of aliphatic hydroxyl groups is 1. The molecule has 0 aliphatic heterocycles. The molecule has 0 amide bonds. The fourth-order valence-corrected chi connectivity index (χ4v) is 1.09. The van der Waals surface area contributed by atoms with Gasteiger partial charge in [-0.2, -0.15) is 0 Å². The molecule has 1 N–H and O–H groups in total. The number of hydrogen-bond donors (Lipinski definition) is 1. The molecule has 0 radical (unpaired) electrons. The van der Waals surface area contributed by atoms with E-state index >= 15 is 0 Å². The Balaban J connectivity index is 3.54. The fourth-order valence-electron chi connectivity index (χ4n) is 0.858. The maximum atomic E-state index is 8.68. The third kappa shape index (κ3) is 6.60. The van der Waals surface area contributed by atoms with Crippen LogP contribution in [0.2, 0.25) is 0 Å². The molecule has 0 rings (SSSR count). The Labute approximate surface area is 83.9 Å². The SMILES string of the molecule is N#CCCN(CCO)CC[N]=[Pt]. The summed E-state index contributed by atoms with van der Waals surface area (Å²) in [5, 5.41) is 17.0. The zero-order valence-electron chi connectivity index (χ0n) is 6.85. The molecule has 0 bridgehead atoms. The molecule has 0 fully saturated rings. The van der Waals surface area contributed by atoms with E-state index < -0.39 is 0 Å². The monoisotopic (exact) mass is 350 g/mol. The van der Waals surface area contributed by atoms with Crippen LogP contribution in [0.1, 0.15) is 6.42 Å². The second kappa shape index (κ2) is 8.99. The molecule has 0 unspecified atom stereocenters. The summed E-state index contributed by atoms with van der Waals surface area (Å²) in [6.45, 7) is 3.09. The van der Waals surface area contributed by atoms with Crippen molar-refractivity contribution in [2.45, 2.75) is 6.42 Å². The van der Waals surface area contributed by atoms with Gasteiger partial charge >= 0.3 is 83.7 Å². The maximum absolute atomic E-state index is 8.68. The summed E-state index contributed by atoms with van der Waals surface area (Å²) in [6, 6.07) is 2.08. The van der Waals surface area contributed by atoms with Crippen LogP contribution in [0.3, 0.4) is 0 Å². The van der Waals surface area contributed by atoms with E-state index in [1.165, 1.54) is 0 Å². The van der Waals surface area contributed by atoms with Gasteiger partial charge in [-0.3, -0.25) is 0 Å². The second-order valence-electron chi connectivity index (χ2n) is 2.30. The van der Waals surface area contributed by atoms with Crippen molar-refractivity contribution in [1.82, 2.24) is 4.90 Å². The minimum absolute atomic E-state index is 0.146. The Morgan fingerprint density at radius 1 is 1.42 bits per heavy atom. The van der Waals surface area contributed by atoms with Crippen molar-refractivity contribution >= 4 is 0 Å².